The SMILES string of the molecule is CCNC(c1ccc(C)nc1)c1nc2c(s1)CCCC2. The van der Waals surface area contributed by atoms with Gasteiger partial charge in [0, 0.05) is 16.8 Å². The quantitative estimate of drug-likeness (QED) is 0.936. The Labute approximate surface area is 124 Å². The summed E-state index contributed by atoms with van der Waals surface area (Å²) in [5, 5.41) is 4.75. The summed E-state index contributed by atoms with van der Waals surface area (Å²) in [6, 6.07) is 4.42. The molecule has 1 aliphatic carbocycles. The summed E-state index contributed by atoms with van der Waals surface area (Å²) in [6.07, 6.45) is 6.93. The number of rotatable bonds is 4. The van der Waals surface area contributed by atoms with Gasteiger partial charge in [0.25, 0.3) is 0 Å². The van der Waals surface area contributed by atoms with Crippen LogP contribution in [0.2, 0.25) is 0 Å². The van der Waals surface area contributed by atoms with E-state index in [1.165, 1.54) is 40.4 Å². The van der Waals surface area contributed by atoms with E-state index in [0.717, 1.165) is 18.7 Å². The maximum atomic E-state index is 4.90. The summed E-state index contributed by atoms with van der Waals surface area (Å²) in [5.74, 6) is 0. The lowest BCUT2D eigenvalue weighted by Gasteiger charge is -2.15. The molecule has 0 saturated carbocycles. The molecule has 0 bridgehead atoms. The van der Waals surface area contributed by atoms with Crippen LogP contribution in [0.5, 0.6) is 0 Å². The van der Waals surface area contributed by atoms with E-state index in [1.807, 2.05) is 24.5 Å². The van der Waals surface area contributed by atoms with E-state index in [9.17, 15) is 0 Å². The Morgan fingerprint density at radius 1 is 1.30 bits per heavy atom. The lowest BCUT2D eigenvalue weighted by Crippen LogP contribution is -2.22. The number of pyridine rings is 1. The molecule has 0 fully saturated rings. The highest BCUT2D eigenvalue weighted by Crippen LogP contribution is 2.32. The first kappa shape index (κ1) is 13.7. The summed E-state index contributed by atoms with van der Waals surface area (Å²) < 4.78 is 0. The molecule has 0 radical (unpaired) electrons. The predicted octanol–water partition coefficient (Wildman–Crippen LogP) is 3.42. The van der Waals surface area contributed by atoms with Crippen LogP contribution in [0.25, 0.3) is 0 Å². The minimum atomic E-state index is 0.184. The molecule has 0 aliphatic heterocycles. The van der Waals surface area contributed by atoms with Gasteiger partial charge in [-0.25, -0.2) is 4.98 Å². The number of hydrogen-bond donors (Lipinski definition) is 1. The molecule has 20 heavy (non-hydrogen) atoms. The lowest BCUT2D eigenvalue weighted by atomic mass is 10.0. The third-order valence-electron chi connectivity index (χ3n) is 3.78. The van der Waals surface area contributed by atoms with Crippen molar-refractivity contribution >= 4 is 11.3 Å². The molecule has 2 heterocycles. The van der Waals surface area contributed by atoms with Gasteiger partial charge in [0.1, 0.15) is 5.01 Å². The second-order valence-corrected chi connectivity index (χ2v) is 6.47. The van der Waals surface area contributed by atoms with Crippen LogP contribution in [-0.2, 0) is 12.8 Å². The molecule has 0 spiro atoms. The number of fused-ring (bicyclic) bond motifs is 1. The summed E-state index contributed by atoms with van der Waals surface area (Å²) >= 11 is 1.88. The van der Waals surface area contributed by atoms with Crippen molar-refractivity contribution in [3.63, 3.8) is 0 Å². The summed E-state index contributed by atoms with van der Waals surface area (Å²) in [4.78, 5) is 10.8. The number of aryl methyl sites for hydroxylation is 3. The first-order valence-corrected chi connectivity index (χ1v) is 8.24. The van der Waals surface area contributed by atoms with Gasteiger partial charge in [0.2, 0.25) is 0 Å². The van der Waals surface area contributed by atoms with E-state index in [2.05, 4.69) is 29.4 Å². The van der Waals surface area contributed by atoms with Crippen LogP contribution in [0.4, 0.5) is 0 Å². The Morgan fingerprint density at radius 2 is 2.15 bits per heavy atom. The molecule has 1 atom stereocenters. The van der Waals surface area contributed by atoms with Gasteiger partial charge in [-0.3, -0.25) is 4.98 Å². The molecular weight excluding hydrogens is 266 g/mol. The number of nitrogens with zero attached hydrogens (tertiary/aromatic N) is 2. The van der Waals surface area contributed by atoms with Gasteiger partial charge < -0.3 is 5.32 Å². The van der Waals surface area contributed by atoms with Gasteiger partial charge in [0.05, 0.1) is 11.7 Å². The summed E-state index contributed by atoms with van der Waals surface area (Å²) in [6.45, 7) is 5.10. The second-order valence-electron chi connectivity index (χ2n) is 5.35. The Kier molecular flexibility index (Phi) is 4.13. The molecular formula is C16H21N3S. The van der Waals surface area contributed by atoms with Crippen molar-refractivity contribution in [3.8, 4) is 0 Å². The van der Waals surface area contributed by atoms with Gasteiger partial charge >= 0.3 is 0 Å². The van der Waals surface area contributed by atoms with Crippen LogP contribution in [0.3, 0.4) is 0 Å². The largest absolute Gasteiger partial charge is 0.304 e. The molecule has 4 heteroatoms. The number of nitrogens with one attached hydrogen (secondary N) is 1. The monoisotopic (exact) mass is 287 g/mol. The molecule has 0 aromatic carbocycles. The van der Waals surface area contributed by atoms with Gasteiger partial charge in [-0.2, -0.15) is 0 Å². The fraction of sp³-hybridized carbons (Fsp3) is 0.500. The Balaban J connectivity index is 1.93. The van der Waals surface area contributed by atoms with Crippen molar-refractivity contribution in [1.82, 2.24) is 15.3 Å². The summed E-state index contributed by atoms with van der Waals surface area (Å²) in [5.41, 5.74) is 3.60. The third-order valence-corrected chi connectivity index (χ3v) is 5.01. The van der Waals surface area contributed by atoms with Crippen LogP contribution in [0.15, 0.2) is 18.3 Å². The average Bonchev–Trinajstić information content (AvgIpc) is 2.89. The molecule has 2 aromatic heterocycles. The minimum Gasteiger partial charge on any atom is -0.304 e. The van der Waals surface area contributed by atoms with E-state index in [-0.39, 0.29) is 6.04 Å². The van der Waals surface area contributed by atoms with Crippen LogP contribution < -0.4 is 5.32 Å². The zero-order valence-corrected chi connectivity index (χ0v) is 13.0. The fourth-order valence-electron chi connectivity index (χ4n) is 2.70. The molecule has 1 aliphatic rings. The lowest BCUT2D eigenvalue weighted by molar-refractivity contribution is 0.618. The van der Waals surface area contributed by atoms with Crippen molar-refractivity contribution in [2.45, 2.75) is 45.6 Å². The van der Waals surface area contributed by atoms with Crippen LogP contribution >= 0.6 is 11.3 Å². The topological polar surface area (TPSA) is 37.8 Å². The van der Waals surface area contributed by atoms with Crippen LogP contribution in [0.1, 0.15) is 52.6 Å². The maximum absolute atomic E-state index is 4.90. The Bertz CT molecular complexity index is 550. The number of thiazole rings is 1. The van der Waals surface area contributed by atoms with Crippen molar-refractivity contribution < 1.29 is 0 Å². The van der Waals surface area contributed by atoms with Crippen LogP contribution in [0, 0.1) is 6.92 Å². The normalized spacial score (nSPS) is 15.9. The minimum absolute atomic E-state index is 0.184. The molecule has 0 amide bonds. The van der Waals surface area contributed by atoms with Crippen molar-refractivity contribution in [2.75, 3.05) is 6.54 Å². The third kappa shape index (κ3) is 2.76. The molecule has 1 unspecified atom stereocenters. The molecule has 3 rings (SSSR count). The molecule has 1 N–H and O–H groups in total. The standard InChI is InChI=1S/C16H21N3S/c1-3-17-15(12-9-8-11(2)18-10-12)16-19-13-6-4-5-7-14(13)20-16/h8-10,15,17H,3-7H2,1-2H3. The molecule has 106 valence electrons. The second kappa shape index (κ2) is 6.02. The molecule has 3 nitrogen and oxygen atoms in total. The Hall–Kier alpha value is -1.26. The highest BCUT2D eigenvalue weighted by molar-refractivity contribution is 7.11. The van der Waals surface area contributed by atoms with Gasteiger partial charge in [0.15, 0.2) is 0 Å². The number of aromatic nitrogens is 2. The van der Waals surface area contributed by atoms with Gasteiger partial charge in [-0.15, -0.1) is 11.3 Å². The summed E-state index contributed by atoms with van der Waals surface area (Å²) in [7, 11) is 0. The van der Waals surface area contributed by atoms with Crippen molar-refractivity contribution in [3.05, 3.63) is 45.2 Å². The first-order valence-electron chi connectivity index (χ1n) is 7.42. The van der Waals surface area contributed by atoms with Gasteiger partial charge in [-0.1, -0.05) is 13.0 Å². The van der Waals surface area contributed by atoms with Crippen molar-refractivity contribution in [1.29, 1.82) is 0 Å². The fourth-order valence-corrected chi connectivity index (χ4v) is 3.95. The highest BCUT2D eigenvalue weighted by Gasteiger charge is 2.21. The smallest absolute Gasteiger partial charge is 0.115 e. The van der Waals surface area contributed by atoms with Gasteiger partial charge in [-0.05, 0) is 50.8 Å². The zero-order valence-electron chi connectivity index (χ0n) is 12.1. The van der Waals surface area contributed by atoms with Crippen molar-refractivity contribution in [2.24, 2.45) is 0 Å². The zero-order chi connectivity index (χ0) is 13.9. The molecule has 2 aromatic rings. The van der Waals surface area contributed by atoms with E-state index < -0.39 is 0 Å². The Morgan fingerprint density at radius 3 is 2.85 bits per heavy atom. The predicted molar refractivity (Wildman–Crippen MR) is 83.2 cm³/mol. The number of hydrogen-bond acceptors (Lipinski definition) is 4. The average molecular weight is 287 g/mol. The van der Waals surface area contributed by atoms with E-state index in [4.69, 9.17) is 4.98 Å². The van der Waals surface area contributed by atoms with E-state index >= 15 is 0 Å². The van der Waals surface area contributed by atoms with E-state index in [0.29, 0.717) is 0 Å². The maximum Gasteiger partial charge on any atom is 0.115 e. The molecule has 0 saturated heterocycles. The first-order chi connectivity index (χ1) is 9.78. The highest BCUT2D eigenvalue weighted by atomic mass is 32.1. The van der Waals surface area contributed by atoms with E-state index in [1.54, 1.807) is 0 Å². The van der Waals surface area contributed by atoms with Crippen LogP contribution in [-0.4, -0.2) is 16.5 Å².